The molecule has 2 heterocycles. The third-order valence-corrected chi connectivity index (χ3v) is 6.39. The summed E-state index contributed by atoms with van der Waals surface area (Å²) in [5, 5.41) is 37.7. The molecule has 9 nitrogen and oxygen atoms in total. The number of nitrogens with zero attached hydrogens (tertiary/aromatic N) is 4. The first-order valence-electron chi connectivity index (χ1n) is 8.40. The third kappa shape index (κ3) is 3.81. The minimum atomic E-state index is -4.20. The van der Waals surface area contributed by atoms with Crippen molar-refractivity contribution in [3.05, 3.63) is 53.4 Å². The van der Waals surface area contributed by atoms with Gasteiger partial charge in [0.15, 0.2) is 11.6 Å². The van der Waals surface area contributed by atoms with Gasteiger partial charge in [0.25, 0.3) is 0 Å². The van der Waals surface area contributed by atoms with Crippen LogP contribution < -0.4 is 4.74 Å². The van der Waals surface area contributed by atoms with Crippen molar-refractivity contribution in [2.45, 2.75) is 16.6 Å². The van der Waals surface area contributed by atoms with Crippen LogP contribution in [0.4, 0.5) is 8.78 Å². The van der Waals surface area contributed by atoms with Crippen LogP contribution in [-0.2, 0) is 10.0 Å². The minimum Gasteiger partial charge on any atom is -0.483 e. The first-order valence-corrected chi connectivity index (χ1v) is 9.84. The highest BCUT2D eigenvalue weighted by atomic mass is 32.2. The smallest absolute Gasteiger partial charge is 0.244 e. The number of pyridine rings is 1. The fourth-order valence-corrected chi connectivity index (χ4v) is 4.36. The third-order valence-electron chi connectivity index (χ3n) is 4.59. The second-order valence-corrected chi connectivity index (χ2v) is 8.47. The van der Waals surface area contributed by atoms with Crippen molar-refractivity contribution in [1.82, 2.24) is 9.29 Å². The lowest BCUT2D eigenvalue weighted by molar-refractivity contribution is -0.0650. The maximum atomic E-state index is 14.1. The van der Waals surface area contributed by atoms with Gasteiger partial charge in [-0.25, -0.2) is 22.2 Å². The highest BCUT2D eigenvalue weighted by molar-refractivity contribution is 7.89. The first-order chi connectivity index (χ1) is 14.1. The fraction of sp³-hybridized carbons (Fsp3) is 0.278. The monoisotopic (exact) mass is 436 g/mol. The molecule has 1 unspecified atom stereocenters. The second kappa shape index (κ2) is 7.93. The van der Waals surface area contributed by atoms with Crippen LogP contribution in [0.25, 0.3) is 0 Å². The van der Waals surface area contributed by atoms with Crippen LogP contribution in [-0.4, -0.2) is 59.3 Å². The zero-order valence-electron chi connectivity index (χ0n) is 15.2. The van der Waals surface area contributed by atoms with Gasteiger partial charge in [0.1, 0.15) is 40.3 Å². The lowest BCUT2D eigenvalue weighted by Crippen LogP contribution is -2.48. The molecule has 0 amide bonds. The molecule has 3 rings (SSSR count). The van der Waals surface area contributed by atoms with Crippen LogP contribution >= 0.6 is 0 Å². The lowest BCUT2D eigenvalue weighted by atomic mass is 10.0. The Balaban J connectivity index is 1.90. The largest absolute Gasteiger partial charge is 0.483 e. The van der Waals surface area contributed by atoms with Crippen LogP contribution in [0.2, 0.25) is 0 Å². The van der Waals surface area contributed by atoms with Crippen molar-refractivity contribution < 1.29 is 32.1 Å². The van der Waals surface area contributed by atoms with E-state index in [0.717, 1.165) is 16.6 Å². The number of nitriles is 2. The fourth-order valence-electron chi connectivity index (χ4n) is 2.91. The van der Waals surface area contributed by atoms with Crippen LogP contribution in [0.3, 0.4) is 0 Å². The van der Waals surface area contributed by atoms with E-state index < -0.39 is 64.4 Å². The molecule has 0 bridgehead atoms. The Morgan fingerprint density at radius 1 is 1.27 bits per heavy atom. The topological polar surface area (TPSA) is 148 Å². The first kappa shape index (κ1) is 21.5. The Bertz CT molecular complexity index is 1160. The molecule has 2 N–H and O–H groups in total. The summed E-state index contributed by atoms with van der Waals surface area (Å²) in [7, 11) is -4.20. The molecular formula is C18H14F2N4O5S. The molecule has 1 aromatic carbocycles. The number of rotatable bonds is 5. The van der Waals surface area contributed by atoms with Crippen LogP contribution in [0.15, 0.2) is 35.4 Å². The summed E-state index contributed by atoms with van der Waals surface area (Å²) in [5.74, 6) is -2.80. The Morgan fingerprint density at radius 3 is 2.57 bits per heavy atom. The number of hydrogen-bond donors (Lipinski definition) is 2. The summed E-state index contributed by atoms with van der Waals surface area (Å²) in [5.41, 5.74) is -2.66. The summed E-state index contributed by atoms with van der Waals surface area (Å²) in [6, 6.07) is 6.78. The van der Waals surface area contributed by atoms with Gasteiger partial charge in [-0.15, -0.1) is 0 Å². The van der Waals surface area contributed by atoms with E-state index in [1.54, 1.807) is 6.07 Å². The molecule has 0 radical (unpaired) electrons. The predicted octanol–water partition coefficient (Wildman–Crippen LogP) is 0.278. The van der Waals surface area contributed by atoms with Gasteiger partial charge >= 0.3 is 0 Å². The number of β-amino-alcohol motifs (C(OH)–C–C–N with tert-alkyl or cyclic N) is 1. The summed E-state index contributed by atoms with van der Waals surface area (Å²) in [6.07, 6.45) is -0.471. The van der Waals surface area contributed by atoms with Gasteiger partial charge < -0.3 is 14.9 Å². The molecule has 156 valence electrons. The average Bonchev–Trinajstić information content (AvgIpc) is 3.08. The molecule has 1 saturated heterocycles. The molecule has 1 aliphatic rings. The Hall–Kier alpha value is -3.16. The SMILES string of the molecule is N#Cc1ccc(S(=O)(=O)N2CC(Oc3cc(F)c(C#N)cc3F)[C@](O)(CO)C2)cn1. The molecule has 12 heteroatoms. The summed E-state index contributed by atoms with van der Waals surface area (Å²) in [4.78, 5) is 3.42. The van der Waals surface area contributed by atoms with Gasteiger partial charge in [-0.05, 0) is 18.2 Å². The van der Waals surface area contributed by atoms with E-state index in [9.17, 15) is 27.4 Å². The van der Waals surface area contributed by atoms with Crippen molar-refractivity contribution in [1.29, 1.82) is 10.5 Å². The van der Waals surface area contributed by atoms with Crippen LogP contribution in [0.5, 0.6) is 5.75 Å². The second-order valence-electron chi connectivity index (χ2n) is 6.53. The molecule has 2 atom stereocenters. The molecule has 30 heavy (non-hydrogen) atoms. The lowest BCUT2D eigenvalue weighted by Gasteiger charge is -2.27. The van der Waals surface area contributed by atoms with Gasteiger partial charge in [0, 0.05) is 18.8 Å². The van der Waals surface area contributed by atoms with Crippen molar-refractivity contribution in [3.63, 3.8) is 0 Å². The van der Waals surface area contributed by atoms with Crippen molar-refractivity contribution in [2.75, 3.05) is 19.7 Å². The number of halogens is 2. The van der Waals surface area contributed by atoms with E-state index in [4.69, 9.17) is 15.3 Å². The number of aliphatic hydroxyl groups is 2. The number of aliphatic hydroxyl groups excluding tert-OH is 1. The molecule has 1 fully saturated rings. The Kier molecular flexibility index (Phi) is 5.70. The summed E-state index contributed by atoms with van der Waals surface area (Å²) in [6.45, 7) is -1.99. The van der Waals surface area contributed by atoms with Crippen LogP contribution in [0, 0.1) is 34.3 Å². The van der Waals surface area contributed by atoms with Crippen molar-refractivity contribution in [2.24, 2.45) is 0 Å². The van der Waals surface area contributed by atoms with Crippen molar-refractivity contribution >= 4 is 10.0 Å². The standard InChI is InChI=1S/C18H14F2N4O5S/c19-14-4-16(15(20)3-11(14)5-21)29-17-8-24(9-18(17,26)10-25)30(27,28)13-2-1-12(6-22)23-7-13/h1-4,7,17,25-26H,8-10H2/t17?,18-/m1/s1. The molecule has 1 aliphatic heterocycles. The quantitative estimate of drug-likeness (QED) is 0.679. The molecule has 0 spiro atoms. The highest BCUT2D eigenvalue weighted by Gasteiger charge is 2.51. The normalized spacial score (nSPS) is 21.7. The van der Waals surface area contributed by atoms with Crippen molar-refractivity contribution in [3.8, 4) is 17.9 Å². The van der Waals surface area contributed by atoms with Gasteiger partial charge in [0.05, 0.1) is 18.7 Å². The van der Waals surface area contributed by atoms with E-state index in [-0.39, 0.29) is 10.6 Å². The number of ether oxygens (including phenoxy) is 1. The summed E-state index contributed by atoms with van der Waals surface area (Å²) >= 11 is 0. The van der Waals surface area contributed by atoms with E-state index in [2.05, 4.69) is 4.98 Å². The molecular weight excluding hydrogens is 422 g/mol. The number of sulfonamides is 1. The van der Waals surface area contributed by atoms with E-state index in [1.807, 2.05) is 0 Å². The van der Waals surface area contributed by atoms with Gasteiger partial charge in [-0.2, -0.15) is 14.8 Å². The Labute approximate surface area is 170 Å². The maximum absolute atomic E-state index is 14.1. The zero-order chi connectivity index (χ0) is 22.1. The zero-order valence-corrected chi connectivity index (χ0v) is 16.0. The minimum absolute atomic E-state index is 0.00163. The molecule has 0 aliphatic carbocycles. The van der Waals surface area contributed by atoms with Crippen LogP contribution in [0.1, 0.15) is 11.3 Å². The average molecular weight is 436 g/mol. The van der Waals surface area contributed by atoms with Gasteiger partial charge in [-0.1, -0.05) is 0 Å². The van der Waals surface area contributed by atoms with E-state index >= 15 is 0 Å². The molecule has 2 aromatic rings. The molecule has 1 aromatic heterocycles. The highest BCUT2D eigenvalue weighted by Crippen LogP contribution is 2.32. The number of hydrogen-bond acceptors (Lipinski definition) is 8. The summed E-state index contributed by atoms with van der Waals surface area (Å²) < 4.78 is 59.7. The Morgan fingerprint density at radius 2 is 2.00 bits per heavy atom. The number of benzene rings is 1. The van der Waals surface area contributed by atoms with E-state index in [0.29, 0.717) is 12.1 Å². The predicted molar refractivity (Wildman–Crippen MR) is 95.2 cm³/mol. The molecule has 0 saturated carbocycles. The van der Waals surface area contributed by atoms with Gasteiger partial charge in [0.2, 0.25) is 10.0 Å². The maximum Gasteiger partial charge on any atom is 0.244 e. The number of aromatic nitrogens is 1. The van der Waals surface area contributed by atoms with E-state index in [1.165, 1.54) is 12.1 Å². The van der Waals surface area contributed by atoms with Gasteiger partial charge in [-0.3, -0.25) is 0 Å².